The maximum absolute atomic E-state index is 8.66. The molecule has 11 heavy (non-hydrogen) atoms. The van der Waals surface area contributed by atoms with Crippen molar-refractivity contribution in [1.29, 1.82) is 0 Å². The summed E-state index contributed by atoms with van der Waals surface area (Å²) in [4.78, 5) is 32.6. The summed E-state index contributed by atoms with van der Waals surface area (Å²) in [6.45, 7) is 0. The zero-order valence-corrected chi connectivity index (χ0v) is 6.72. The minimum absolute atomic E-state index is 0. The Balaban J connectivity index is -0.0000000383. The first kappa shape index (κ1) is 22.5. The third-order valence-corrected chi connectivity index (χ3v) is 0. The molecule has 0 rings (SSSR count). The van der Waals surface area contributed by atoms with Gasteiger partial charge in [-0.15, -0.1) is 10.1 Å². The molecular weight excluding hydrogens is 171 g/mol. The molecule has 8 nitrogen and oxygen atoms in total. The molecule has 11 heteroatoms. The van der Waals surface area contributed by atoms with Crippen molar-refractivity contribution in [3.05, 3.63) is 10.1 Å². The van der Waals surface area contributed by atoms with Gasteiger partial charge in [0.2, 0.25) is 0 Å². The molecule has 0 atom stereocenters. The third-order valence-electron chi connectivity index (χ3n) is 0. The van der Waals surface area contributed by atoms with Crippen LogP contribution in [0.1, 0.15) is 0 Å². The zero-order valence-electron chi connectivity index (χ0n) is 5.83. The van der Waals surface area contributed by atoms with Gasteiger partial charge in [0, 0.05) is 0 Å². The second-order valence-electron chi connectivity index (χ2n) is 0.706. The average molecular weight is 173 g/mol. The van der Waals surface area contributed by atoms with Crippen molar-refractivity contribution in [2.75, 3.05) is 0 Å². The van der Waals surface area contributed by atoms with Crippen LogP contribution in [0.5, 0.6) is 0 Å². The molecule has 2 N–H and O–H groups in total. The predicted molar refractivity (Wildman–Crippen MR) is 18.6 cm³/mol. The summed E-state index contributed by atoms with van der Waals surface area (Å²) < 4.78 is 8.66. The van der Waals surface area contributed by atoms with Gasteiger partial charge in [-0.1, -0.05) is 0 Å². The van der Waals surface area contributed by atoms with Crippen LogP contribution < -0.4 is 47.5 Å². The first-order valence-corrected chi connectivity index (χ1v) is 2.81. The summed E-state index contributed by atoms with van der Waals surface area (Å²) in [5.74, 6) is 0. The van der Waals surface area contributed by atoms with Gasteiger partial charge in [-0.05, 0) is 0 Å². The van der Waals surface area contributed by atoms with Crippen LogP contribution in [0, 0.1) is 10.1 Å². The molecule has 0 bridgehead atoms. The van der Waals surface area contributed by atoms with E-state index in [9.17, 15) is 0 Å². The molecule has 0 fully saturated rings. The molecule has 0 aliphatic rings. The smallest absolute Gasteiger partial charge is 0.790 e. The second kappa shape index (κ2) is 10.5. The Morgan fingerprint density at radius 1 is 1.27 bits per heavy atom. The van der Waals surface area contributed by atoms with Crippen LogP contribution in [0.3, 0.4) is 0 Å². The fourth-order valence-corrected chi connectivity index (χ4v) is 0. The average Bonchev–Trinajstić information content (AvgIpc) is 1.19. The van der Waals surface area contributed by atoms with Gasteiger partial charge in [-0.3, -0.25) is 0 Å². The van der Waals surface area contributed by atoms with Crippen LogP contribution in [0.15, 0.2) is 0 Å². The predicted octanol–water partition coefficient (Wildman–Crippen LogP) is -8.53. The minimum atomic E-state index is -5.14. The Hall–Kier alpha value is 0.505. The number of phosphoric acid groups is 1. The quantitative estimate of drug-likeness (QED) is 0.160. The van der Waals surface area contributed by atoms with Gasteiger partial charge in [0.25, 0.3) is 5.09 Å². The number of rotatable bonds is 0. The van der Waals surface area contributed by atoms with Crippen LogP contribution in [0.2, 0.25) is 0 Å². The number of nitrogens with zero attached hydrogens (tertiary/aromatic N) is 1. The van der Waals surface area contributed by atoms with E-state index in [1.54, 1.807) is 0 Å². The van der Waals surface area contributed by atoms with Gasteiger partial charge in [0.15, 0.2) is 0 Å². The van der Waals surface area contributed by atoms with Crippen LogP contribution in [0.25, 0.3) is 0 Å². The summed E-state index contributed by atoms with van der Waals surface area (Å²) in [5, 5.41) is 13.6. The normalized spacial score (nSPS) is 7.55. The van der Waals surface area contributed by atoms with Crippen LogP contribution in [-0.2, 0) is 4.57 Å². The molecule has 0 aromatic carbocycles. The Kier molecular flexibility index (Phi) is 21.5. The van der Waals surface area contributed by atoms with Crippen molar-refractivity contribution in [2.24, 2.45) is 0 Å². The van der Waals surface area contributed by atoms with E-state index in [1.807, 2.05) is 0 Å². The molecule has 0 heterocycles. The van der Waals surface area contributed by atoms with E-state index in [2.05, 4.69) is 0 Å². The molecule has 0 saturated heterocycles. The standard InChI is InChI=1S/2Li.HNO3.H3O4P/c;;2-1(3)4;1-5(2,3)4/h;;(H,2,3,4);(H3,1,2,3,4)/q2*+1;;/p-2. The fraction of sp³-hybridized carbons (Fsp3) is 0. The van der Waals surface area contributed by atoms with Crippen molar-refractivity contribution < 1.29 is 67.3 Å². The molecule has 0 amide bonds. The summed E-state index contributed by atoms with van der Waals surface area (Å²) in [5.41, 5.74) is 0. The Bertz CT molecular complexity index is 116. The first-order chi connectivity index (χ1) is 3.73. The van der Waals surface area contributed by atoms with E-state index in [0.717, 1.165) is 0 Å². The molecular formula is H2Li2NO7P. The van der Waals surface area contributed by atoms with Crippen molar-refractivity contribution in [3.63, 3.8) is 0 Å². The maximum atomic E-state index is 8.66. The summed E-state index contributed by atoms with van der Waals surface area (Å²) in [7, 11) is -5.14. The van der Waals surface area contributed by atoms with Crippen LogP contribution in [0.4, 0.5) is 0 Å². The van der Waals surface area contributed by atoms with E-state index < -0.39 is 12.9 Å². The molecule has 0 unspecified atom stereocenters. The number of hydrogen-bond donors (Lipinski definition) is 2. The Labute approximate surface area is 85.3 Å². The zero-order chi connectivity index (χ0) is 8.08. The van der Waals surface area contributed by atoms with Crippen LogP contribution in [-0.4, -0.2) is 15.2 Å². The van der Waals surface area contributed by atoms with Gasteiger partial charge in [-0.2, -0.15) is 0 Å². The van der Waals surface area contributed by atoms with Crippen molar-refractivity contribution in [3.8, 4) is 0 Å². The van der Waals surface area contributed by atoms with Gasteiger partial charge >= 0.3 is 37.7 Å². The monoisotopic (exact) mass is 173 g/mol. The van der Waals surface area contributed by atoms with Gasteiger partial charge in [0.05, 0.1) is 7.82 Å². The first-order valence-electron chi connectivity index (χ1n) is 1.31. The summed E-state index contributed by atoms with van der Waals surface area (Å²) >= 11 is 0. The molecule has 0 aliphatic heterocycles. The van der Waals surface area contributed by atoms with Gasteiger partial charge < -0.3 is 24.5 Å². The van der Waals surface area contributed by atoms with E-state index in [0.29, 0.717) is 0 Å². The van der Waals surface area contributed by atoms with Crippen LogP contribution >= 0.6 is 7.82 Å². The van der Waals surface area contributed by atoms with Gasteiger partial charge in [0.1, 0.15) is 0 Å². The topological polar surface area (TPSA) is 147 Å². The Morgan fingerprint density at radius 2 is 1.27 bits per heavy atom. The minimum Gasteiger partial charge on any atom is -0.790 e. The molecule has 0 spiro atoms. The van der Waals surface area contributed by atoms with E-state index in [1.165, 1.54) is 0 Å². The van der Waals surface area contributed by atoms with E-state index in [-0.39, 0.29) is 37.7 Å². The summed E-state index contributed by atoms with van der Waals surface area (Å²) in [6, 6.07) is 0. The van der Waals surface area contributed by atoms with Crippen molar-refractivity contribution >= 4 is 7.82 Å². The molecule has 0 saturated carbocycles. The maximum Gasteiger partial charge on any atom is 1.00 e. The molecule has 56 valence electrons. The fourth-order valence-electron chi connectivity index (χ4n) is 0. The van der Waals surface area contributed by atoms with Gasteiger partial charge in [-0.25, -0.2) is 0 Å². The van der Waals surface area contributed by atoms with E-state index in [4.69, 9.17) is 34.6 Å². The second-order valence-corrected chi connectivity index (χ2v) is 1.64. The largest absolute Gasteiger partial charge is 1.00 e. The van der Waals surface area contributed by atoms with Crippen molar-refractivity contribution in [2.45, 2.75) is 0 Å². The SMILES string of the molecule is O=P([O-])([O-])O.O=[N+]([O-])O.[Li+].[Li+]. The van der Waals surface area contributed by atoms with E-state index >= 15 is 0 Å². The molecule has 0 radical (unpaired) electrons. The van der Waals surface area contributed by atoms with Crippen molar-refractivity contribution in [1.82, 2.24) is 0 Å². The molecule has 0 aliphatic carbocycles. The number of hydrogen-bond acceptors (Lipinski definition) is 5. The Morgan fingerprint density at radius 3 is 1.27 bits per heavy atom. The third kappa shape index (κ3) is 2980. The molecule has 0 aromatic heterocycles. The molecule has 0 aromatic rings. The summed E-state index contributed by atoms with van der Waals surface area (Å²) in [6.07, 6.45) is 0.